The Morgan fingerprint density at radius 3 is 1.82 bits per heavy atom. The molecule has 184 valence electrons. The molecule has 0 saturated carbocycles. The predicted molar refractivity (Wildman–Crippen MR) is 127 cm³/mol. The Kier molecular flexibility index (Phi) is 11.3. The van der Waals surface area contributed by atoms with E-state index in [-0.39, 0.29) is 4.90 Å². The largest absolute Gasteiger partial charge is 0.332 e. The zero-order valence-corrected chi connectivity index (χ0v) is 20.7. The molecule has 7 nitrogen and oxygen atoms in total. The second kappa shape index (κ2) is 13.7. The van der Waals surface area contributed by atoms with Crippen LogP contribution in [0.2, 0.25) is 0 Å². The number of benzene rings is 2. The Bertz CT molecular complexity index is 1060. The molecule has 2 aromatic rings. The van der Waals surface area contributed by atoms with Crippen LogP contribution < -0.4 is 4.89 Å². The van der Waals surface area contributed by atoms with Crippen molar-refractivity contribution >= 4 is 20.2 Å². The van der Waals surface area contributed by atoms with Gasteiger partial charge >= 0.3 is 10.1 Å². The molecule has 0 spiro atoms. The predicted octanol–water partition coefficient (Wildman–Crippen LogP) is 6.10. The van der Waals surface area contributed by atoms with E-state index < -0.39 is 30.9 Å². The van der Waals surface area contributed by atoms with E-state index in [1.165, 1.54) is 69.2 Å². The number of hydrogen-bond acceptors (Lipinski definition) is 6. The molecule has 0 bridgehead atoms. The third-order valence-corrected chi connectivity index (χ3v) is 7.46. The van der Waals surface area contributed by atoms with Gasteiger partial charge in [-0.15, -0.1) is 0 Å². The molecule has 0 aliphatic rings. The highest BCUT2D eigenvalue weighted by molar-refractivity contribution is 7.86. The molecule has 9 heteroatoms. The van der Waals surface area contributed by atoms with Gasteiger partial charge in [-0.1, -0.05) is 99.4 Å². The number of unbranched alkanes of at least 4 members (excludes halogenated alkanes) is 9. The van der Waals surface area contributed by atoms with Crippen molar-refractivity contribution in [3.63, 3.8) is 0 Å². The summed E-state index contributed by atoms with van der Waals surface area (Å²) in [4.78, 5) is 4.21. The number of hydrogen-bond donors (Lipinski definition) is 1. The number of para-hydroxylation sites is 1. The first-order valence-corrected chi connectivity index (χ1v) is 14.4. The molecule has 2 aromatic carbocycles. The molecule has 0 saturated heterocycles. The molecular weight excluding hydrogens is 464 g/mol. The van der Waals surface area contributed by atoms with Gasteiger partial charge in [0.05, 0.1) is 0 Å². The lowest BCUT2D eigenvalue weighted by Gasteiger charge is -2.11. The molecular formula is C24H34O7S2. The van der Waals surface area contributed by atoms with Gasteiger partial charge in [-0.2, -0.15) is 16.8 Å². The highest BCUT2D eigenvalue weighted by atomic mass is 32.2. The monoisotopic (exact) mass is 498 g/mol. The van der Waals surface area contributed by atoms with Crippen LogP contribution in [0.15, 0.2) is 58.3 Å². The Morgan fingerprint density at radius 1 is 0.697 bits per heavy atom. The van der Waals surface area contributed by atoms with Gasteiger partial charge in [0, 0.05) is 0 Å². The second-order valence-corrected chi connectivity index (χ2v) is 10.9. The van der Waals surface area contributed by atoms with Crippen LogP contribution in [0.3, 0.4) is 0 Å². The molecule has 0 heterocycles. The van der Waals surface area contributed by atoms with Crippen LogP contribution in [0.25, 0.3) is 0 Å². The summed E-state index contributed by atoms with van der Waals surface area (Å²) in [5.41, 5.74) is 0.615. The fraction of sp³-hybridized carbons (Fsp3) is 0.500. The summed E-state index contributed by atoms with van der Waals surface area (Å²) in [6.45, 7) is 2.21. The Balaban J connectivity index is 1.88. The first-order chi connectivity index (χ1) is 15.8. The van der Waals surface area contributed by atoms with Crippen molar-refractivity contribution in [1.29, 1.82) is 0 Å². The topological polar surface area (TPSA) is 107 Å². The van der Waals surface area contributed by atoms with E-state index in [2.05, 4.69) is 11.3 Å². The molecule has 0 unspecified atom stereocenters. The average Bonchev–Trinajstić information content (AvgIpc) is 2.79. The lowest BCUT2D eigenvalue weighted by molar-refractivity contribution is -0.0955. The standard InChI is InChI=1S/C24H34O7S2/c1-2-3-4-5-6-7-8-9-10-11-16-21-17-12-14-19-23(21)33(28,29)31-30-22-18-13-15-20-24(22)32(25,26)27/h12-15,17-20H,2-11,16H2,1H3,(H,25,26,27). The average molecular weight is 499 g/mol. The maximum Gasteiger partial charge on any atom is 0.332 e. The molecule has 0 aliphatic heterocycles. The first kappa shape index (κ1) is 27.3. The van der Waals surface area contributed by atoms with E-state index >= 15 is 0 Å². The van der Waals surface area contributed by atoms with Crippen molar-refractivity contribution in [2.45, 2.75) is 87.3 Å². The fourth-order valence-corrected chi connectivity index (χ4v) is 5.19. The van der Waals surface area contributed by atoms with Crippen LogP contribution in [-0.4, -0.2) is 21.4 Å². The van der Waals surface area contributed by atoms with Crippen molar-refractivity contribution < 1.29 is 30.6 Å². The van der Waals surface area contributed by atoms with Gasteiger partial charge in [-0.3, -0.25) is 4.55 Å². The summed E-state index contributed by atoms with van der Waals surface area (Å²) in [5, 5.41) is 0. The summed E-state index contributed by atoms with van der Waals surface area (Å²) < 4.78 is 62.3. The minimum absolute atomic E-state index is 0.0229. The zero-order valence-electron chi connectivity index (χ0n) is 19.1. The lowest BCUT2D eigenvalue weighted by Crippen LogP contribution is -2.13. The SMILES string of the molecule is CCCCCCCCCCCCc1ccccc1S(=O)(=O)OOc1ccccc1S(=O)(=O)O. The van der Waals surface area contributed by atoms with Gasteiger partial charge in [0.2, 0.25) is 0 Å². The maximum absolute atomic E-state index is 12.7. The van der Waals surface area contributed by atoms with Crippen molar-refractivity contribution in [2.75, 3.05) is 0 Å². The third kappa shape index (κ3) is 9.44. The van der Waals surface area contributed by atoms with Crippen molar-refractivity contribution in [2.24, 2.45) is 0 Å². The summed E-state index contributed by atoms with van der Waals surface area (Å²) in [6.07, 6.45) is 12.5. The summed E-state index contributed by atoms with van der Waals surface area (Å²) in [7, 11) is -8.91. The highest BCUT2D eigenvalue weighted by Gasteiger charge is 2.23. The molecule has 0 aromatic heterocycles. The molecule has 0 fully saturated rings. The normalized spacial score (nSPS) is 12.1. The van der Waals surface area contributed by atoms with Gasteiger partial charge in [0.15, 0.2) is 5.75 Å². The van der Waals surface area contributed by atoms with Crippen LogP contribution in [0, 0.1) is 0 Å². The van der Waals surface area contributed by atoms with E-state index in [4.69, 9.17) is 4.89 Å². The van der Waals surface area contributed by atoms with Gasteiger partial charge in [-0.05, 0) is 36.6 Å². The van der Waals surface area contributed by atoms with Crippen molar-refractivity contribution in [3.8, 4) is 5.75 Å². The fourth-order valence-electron chi connectivity index (χ4n) is 3.61. The zero-order chi connectivity index (χ0) is 24.2. The Hall–Kier alpha value is -1.94. The highest BCUT2D eigenvalue weighted by Crippen LogP contribution is 2.26. The van der Waals surface area contributed by atoms with E-state index in [1.807, 2.05) is 0 Å². The maximum atomic E-state index is 12.7. The molecule has 0 aliphatic carbocycles. The van der Waals surface area contributed by atoms with Crippen LogP contribution in [-0.2, 0) is 31.0 Å². The van der Waals surface area contributed by atoms with Crippen LogP contribution in [0.1, 0.15) is 76.7 Å². The molecule has 0 amide bonds. The molecule has 1 N–H and O–H groups in total. The van der Waals surface area contributed by atoms with E-state index in [0.717, 1.165) is 25.3 Å². The summed E-state index contributed by atoms with van der Waals surface area (Å²) >= 11 is 0. The summed E-state index contributed by atoms with van der Waals surface area (Å²) in [6, 6.07) is 11.6. The third-order valence-electron chi connectivity index (χ3n) is 5.38. The van der Waals surface area contributed by atoms with Gasteiger partial charge < -0.3 is 4.89 Å². The van der Waals surface area contributed by atoms with E-state index in [1.54, 1.807) is 18.2 Å². The second-order valence-electron chi connectivity index (χ2n) is 8.07. The first-order valence-electron chi connectivity index (χ1n) is 11.5. The number of rotatable bonds is 16. The van der Waals surface area contributed by atoms with Crippen molar-refractivity contribution in [1.82, 2.24) is 0 Å². The van der Waals surface area contributed by atoms with Crippen molar-refractivity contribution in [3.05, 3.63) is 54.1 Å². The minimum atomic E-state index is -4.60. The smallest absolute Gasteiger partial charge is 0.319 e. The minimum Gasteiger partial charge on any atom is -0.319 e. The molecule has 0 atom stereocenters. The lowest BCUT2D eigenvalue weighted by atomic mass is 10.0. The summed E-state index contributed by atoms with van der Waals surface area (Å²) in [5.74, 6) is -0.421. The van der Waals surface area contributed by atoms with E-state index in [9.17, 15) is 21.4 Å². The van der Waals surface area contributed by atoms with Crippen LogP contribution in [0.4, 0.5) is 0 Å². The Labute approximate surface area is 197 Å². The van der Waals surface area contributed by atoms with Crippen LogP contribution >= 0.6 is 0 Å². The number of aryl methyl sites for hydroxylation is 1. The molecule has 2 rings (SSSR count). The van der Waals surface area contributed by atoms with E-state index in [0.29, 0.717) is 12.0 Å². The molecule has 0 radical (unpaired) electrons. The van der Waals surface area contributed by atoms with Gasteiger partial charge in [-0.25, -0.2) is 0 Å². The molecule has 33 heavy (non-hydrogen) atoms. The van der Waals surface area contributed by atoms with Gasteiger partial charge in [0.1, 0.15) is 9.79 Å². The quantitative estimate of drug-likeness (QED) is 0.129. The Morgan fingerprint density at radius 2 is 1.21 bits per heavy atom. The van der Waals surface area contributed by atoms with Gasteiger partial charge in [0.25, 0.3) is 10.1 Å². The van der Waals surface area contributed by atoms with Crippen LogP contribution in [0.5, 0.6) is 5.75 Å².